The Balaban J connectivity index is 1.06. The molecule has 2 aliphatic heterocycles. The number of nitrogens with zero attached hydrogens (tertiary/aromatic N) is 8. The molecule has 1 aromatic carbocycles. The number of fused-ring (bicyclic) bond motifs is 1. The normalized spacial score (nSPS) is 16.8. The fourth-order valence-electron chi connectivity index (χ4n) is 5.99. The van der Waals surface area contributed by atoms with Crippen LogP contribution in [0.5, 0.6) is 0 Å². The van der Waals surface area contributed by atoms with Gasteiger partial charge in [0.15, 0.2) is 5.65 Å². The van der Waals surface area contributed by atoms with Gasteiger partial charge in [0.05, 0.1) is 6.42 Å². The number of carbonyl (C=O) groups is 2. The Morgan fingerprint density at radius 3 is 2.60 bits per heavy atom. The van der Waals surface area contributed by atoms with Crippen LogP contribution in [0, 0.1) is 5.92 Å². The van der Waals surface area contributed by atoms with E-state index in [0.717, 1.165) is 41.2 Å². The van der Waals surface area contributed by atoms with E-state index in [9.17, 15) is 22.8 Å². The Morgan fingerprint density at radius 1 is 1.06 bits per heavy atom. The summed E-state index contributed by atoms with van der Waals surface area (Å²) >= 11 is 0. The Kier molecular flexibility index (Phi) is 9.10. The quantitative estimate of drug-likeness (QED) is 0.271. The number of alkyl halides is 3. The molecule has 1 fully saturated rings. The molecular weight excluding hydrogens is 611 g/mol. The number of hydrogen-bond acceptors (Lipinski definition) is 8. The Bertz CT molecular complexity index is 1790. The highest BCUT2D eigenvalue weighted by Gasteiger charge is 2.30. The summed E-state index contributed by atoms with van der Waals surface area (Å²) in [7, 11) is 3.89. The molecular formula is C33H36F3N9O2. The van der Waals surface area contributed by atoms with Crippen LogP contribution in [0.25, 0.3) is 11.2 Å². The van der Waals surface area contributed by atoms with Gasteiger partial charge in [-0.15, -0.1) is 5.10 Å². The molecule has 3 aromatic heterocycles. The second-order valence-corrected chi connectivity index (χ2v) is 12.1. The molecule has 1 N–H and O–H groups in total. The number of likely N-dealkylation sites (tertiary alicyclic amines) is 1. The third-order valence-electron chi connectivity index (χ3n) is 8.52. The third-order valence-corrected chi connectivity index (χ3v) is 8.52. The Labute approximate surface area is 270 Å². The zero-order valence-corrected chi connectivity index (χ0v) is 26.2. The monoisotopic (exact) mass is 647 g/mol. The lowest BCUT2D eigenvalue weighted by atomic mass is 10.00. The van der Waals surface area contributed by atoms with E-state index in [1.54, 1.807) is 29.2 Å². The first kappa shape index (κ1) is 32.0. The van der Waals surface area contributed by atoms with E-state index in [0.29, 0.717) is 49.1 Å². The smallest absolute Gasteiger partial charge is 0.363 e. The fraction of sp³-hybridized carbons (Fsp3) is 0.394. The SMILES string of the molecule is CN(C)c1cc(CC2CCN(C(=O)c3ccc(Nc4nc5c(C6=CCN(C(=O)CCC(F)(F)F)CC6)cccn5n4)cc3)C2)ncn1. The van der Waals surface area contributed by atoms with Crippen molar-refractivity contribution in [3.8, 4) is 0 Å². The molecule has 2 aliphatic rings. The maximum atomic E-state index is 13.3. The van der Waals surface area contributed by atoms with Crippen molar-refractivity contribution in [2.45, 2.75) is 38.3 Å². The van der Waals surface area contributed by atoms with Gasteiger partial charge in [0.25, 0.3) is 5.91 Å². The first-order chi connectivity index (χ1) is 22.5. The Hall–Kier alpha value is -5.01. The van der Waals surface area contributed by atoms with Crippen molar-refractivity contribution in [2.75, 3.05) is 50.5 Å². The molecule has 1 unspecified atom stereocenters. The van der Waals surface area contributed by atoms with Crippen LogP contribution in [0.3, 0.4) is 0 Å². The topological polar surface area (TPSA) is 112 Å². The van der Waals surface area contributed by atoms with Crippen LogP contribution in [-0.2, 0) is 11.2 Å². The average molecular weight is 648 g/mol. The van der Waals surface area contributed by atoms with E-state index in [-0.39, 0.29) is 12.5 Å². The van der Waals surface area contributed by atoms with E-state index in [2.05, 4.69) is 25.4 Å². The molecule has 5 heterocycles. The number of anilines is 3. The fourth-order valence-corrected chi connectivity index (χ4v) is 5.99. The molecule has 2 amide bonds. The van der Waals surface area contributed by atoms with Crippen LogP contribution in [-0.4, -0.2) is 92.6 Å². The molecule has 0 radical (unpaired) electrons. The number of nitrogens with one attached hydrogen (secondary N) is 1. The highest BCUT2D eigenvalue weighted by Crippen LogP contribution is 2.28. The lowest BCUT2D eigenvalue weighted by molar-refractivity contribution is -0.148. The Morgan fingerprint density at radius 2 is 1.87 bits per heavy atom. The van der Waals surface area contributed by atoms with Crippen LogP contribution < -0.4 is 10.2 Å². The summed E-state index contributed by atoms with van der Waals surface area (Å²) in [6.07, 6.45) is 1.43. The van der Waals surface area contributed by atoms with E-state index in [4.69, 9.17) is 0 Å². The predicted octanol–water partition coefficient (Wildman–Crippen LogP) is 4.99. The number of halogens is 3. The number of rotatable bonds is 9. The van der Waals surface area contributed by atoms with Crippen molar-refractivity contribution in [3.63, 3.8) is 0 Å². The maximum Gasteiger partial charge on any atom is 0.389 e. The summed E-state index contributed by atoms with van der Waals surface area (Å²) < 4.78 is 39.3. The third kappa shape index (κ3) is 7.69. The van der Waals surface area contributed by atoms with Gasteiger partial charge in [-0.05, 0) is 67.2 Å². The van der Waals surface area contributed by atoms with Gasteiger partial charge in [-0.3, -0.25) is 9.59 Å². The van der Waals surface area contributed by atoms with Crippen LogP contribution in [0.1, 0.15) is 47.3 Å². The van der Waals surface area contributed by atoms with Gasteiger partial charge in [0.2, 0.25) is 11.9 Å². The zero-order valence-electron chi connectivity index (χ0n) is 26.2. The van der Waals surface area contributed by atoms with Gasteiger partial charge >= 0.3 is 6.18 Å². The molecule has 0 saturated carbocycles. The van der Waals surface area contributed by atoms with Crippen molar-refractivity contribution < 1.29 is 22.8 Å². The van der Waals surface area contributed by atoms with Gasteiger partial charge < -0.3 is 20.0 Å². The van der Waals surface area contributed by atoms with E-state index >= 15 is 0 Å². The van der Waals surface area contributed by atoms with Crippen molar-refractivity contribution in [2.24, 2.45) is 5.92 Å². The minimum atomic E-state index is -4.35. The lowest BCUT2D eigenvalue weighted by Gasteiger charge is -2.27. The van der Waals surface area contributed by atoms with E-state index in [1.807, 2.05) is 60.3 Å². The van der Waals surface area contributed by atoms with E-state index in [1.165, 1.54) is 4.90 Å². The predicted molar refractivity (Wildman–Crippen MR) is 171 cm³/mol. The zero-order chi connectivity index (χ0) is 33.1. The molecule has 1 atom stereocenters. The highest BCUT2D eigenvalue weighted by atomic mass is 19.4. The number of benzene rings is 1. The molecule has 4 aromatic rings. The molecule has 1 saturated heterocycles. The number of hydrogen-bond donors (Lipinski definition) is 1. The summed E-state index contributed by atoms with van der Waals surface area (Å²) in [5.74, 6) is 1.07. The second-order valence-electron chi connectivity index (χ2n) is 12.1. The standard InChI is InChI=1S/C33H36F3N9O2/c1-42(2)28-19-26(37-21-38-28)18-22-10-15-44(20-22)31(47)24-5-7-25(8-6-24)39-32-40-30-27(4-3-14-45(30)41-32)23-11-16-43(17-12-23)29(46)9-13-33(34,35)36/h3-8,11,14,19,21-22H,9-10,12-13,15-18,20H2,1-2H3,(H,39,41). The number of amides is 2. The number of carbonyl (C=O) groups excluding carboxylic acids is 2. The van der Waals surface area contributed by atoms with Gasteiger partial charge in [0, 0.05) is 81.5 Å². The first-order valence-electron chi connectivity index (χ1n) is 15.6. The van der Waals surface area contributed by atoms with Crippen molar-refractivity contribution in [1.29, 1.82) is 0 Å². The first-order valence-corrected chi connectivity index (χ1v) is 15.6. The van der Waals surface area contributed by atoms with Crippen molar-refractivity contribution in [1.82, 2.24) is 34.4 Å². The molecule has 14 heteroatoms. The van der Waals surface area contributed by atoms with Crippen LogP contribution in [0.4, 0.5) is 30.6 Å². The highest BCUT2D eigenvalue weighted by molar-refractivity contribution is 5.94. The molecule has 47 heavy (non-hydrogen) atoms. The summed E-state index contributed by atoms with van der Waals surface area (Å²) in [5, 5.41) is 7.75. The van der Waals surface area contributed by atoms with Gasteiger partial charge in [-0.1, -0.05) is 6.08 Å². The largest absolute Gasteiger partial charge is 0.389 e. The van der Waals surface area contributed by atoms with Crippen molar-refractivity contribution in [3.05, 3.63) is 77.9 Å². The lowest BCUT2D eigenvalue weighted by Crippen LogP contribution is -2.35. The van der Waals surface area contributed by atoms with Gasteiger partial charge in [-0.25, -0.2) is 14.5 Å². The maximum absolute atomic E-state index is 13.3. The summed E-state index contributed by atoms with van der Waals surface area (Å²) in [4.78, 5) is 44.2. The second kappa shape index (κ2) is 13.4. The van der Waals surface area contributed by atoms with Gasteiger partial charge in [-0.2, -0.15) is 18.2 Å². The average Bonchev–Trinajstić information content (AvgIpc) is 3.70. The van der Waals surface area contributed by atoms with Crippen LogP contribution >= 0.6 is 0 Å². The molecule has 11 nitrogen and oxygen atoms in total. The van der Waals surface area contributed by atoms with Gasteiger partial charge in [0.1, 0.15) is 12.1 Å². The minimum absolute atomic E-state index is 0.00686. The van der Waals surface area contributed by atoms with Crippen LogP contribution in [0.2, 0.25) is 0 Å². The molecule has 0 spiro atoms. The minimum Gasteiger partial charge on any atom is -0.363 e. The molecule has 0 bridgehead atoms. The summed E-state index contributed by atoms with van der Waals surface area (Å²) in [5.41, 5.74) is 4.73. The summed E-state index contributed by atoms with van der Waals surface area (Å²) in [6.45, 7) is 1.96. The molecule has 0 aliphatic carbocycles. The number of pyridine rings is 1. The number of aromatic nitrogens is 5. The summed E-state index contributed by atoms with van der Waals surface area (Å²) in [6, 6.07) is 13.0. The molecule has 6 rings (SSSR count). The molecule has 246 valence electrons. The van der Waals surface area contributed by atoms with Crippen molar-refractivity contribution >= 4 is 40.5 Å². The van der Waals surface area contributed by atoms with Crippen LogP contribution in [0.15, 0.2) is 61.1 Å². The van der Waals surface area contributed by atoms with E-state index < -0.39 is 24.9 Å².